The minimum Gasteiger partial charge on any atom is -0.207 e. The van der Waals surface area contributed by atoms with Crippen molar-refractivity contribution in [2.45, 2.75) is 19.3 Å². The topological polar surface area (TPSA) is 0 Å². The SMILES string of the molecule is C=C1/C=C\C=C2/C/C(=C\C=C/1)c1cc3c(-c4cc(F)cc(F)c4)c4c(c(-c5cc(F)cc(F)c5)c3cc12)-c1cccc2c3c(cc-4c12)CCC=C3. The molecule has 4 aliphatic carbocycles. The van der Waals surface area contributed by atoms with Crippen LogP contribution in [-0.2, 0) is 6.42 Å². The third-order valence-corrected chi connectivity index (χ3v) is 10.7. The monoisotopic (exact) mass is 668 g/mol. The molecule has 0 atom stereocenters. The number of rotatable bonds is 2. The smallest absolute Gasteiger partial charge is 0.126 e. The van der Waals surface area contributed by atoms with E-state index in [0.717, 1.165) is 102 Å². The van der Waals surface area contributed by atoms with Gasteiger partial charge in [0.1, 0.15) is 23.3 Å². The summed E-state index contributed by atoms with van der Waals surface area (Å²) in [4.78, 5) is 0. The quantitative estimate of drug-likeness (QED) is 0.161. The lowest BCUT2D eigenvalue weighted by Gasteiger charge is -2.22. The Hall–Kier alpha value is -6.00. The second-order valence-corrected chi connectivity index (χ2v) is 13.8. The van der Waals surface area contributed by atoms with E-state index in [0.29, 0.717) is 28.7 Å². The molecule has 6 aromatic rings. The fourth-order valence-corrected chi connectivity index (χ4v) is 8.74. The van der Waals surface area contributed by atoms with Gasteiger partial charge in [0.15, 0.2) is 0 Å². The van der Waals surface area contributed by atoms with Crippen LogP contribution in [0.4, 0.5) is 17.6 Å². The number of allylic oxidation sites excluding steroid dienone is 10. The molecule has 0 nitrogen and oxygen atoms in total. The average molecular weight is 669 g/mol. The molecule has 0 spiro atoms. The van der Waals surface area contributed by atoms with Crippen LogP contribution in [0.5, 0.6) is 0 Å². The lowest BCUT2D eigenvalue weighted by atomic mass is 9.81. The van der Waals surface area contributed by atoms with Crippen LogP contribution >= 0.6 is 0 Å². The normalized spacial score (nSPS) is 18.5. The molecule has 244 valence electrons. The Morgan fingerprint density at radius 3 is 1.69 bits per heavy atom. The Morgan fingerprint density at radius 2 is 1.10 bits per heavy atom. The Bertz CT molecular complexity index is 2730. The first-order valence-corrected chi connectivity index (χ1v) is 17.1. The Morgan fingerprint density at radius 1 is 0.529 bits per heavy atom. The Kier molecular flexibility index (Phi) is 6.44. The van der Waals surface area contributed by atoms with Crippen molar-refractivity contribution in [3.05, 3.63) is 173 Å². The zero-order chi connectivity index (χ0) is 34.5. The summed E-state index contributed by atoms with van der Waals surface area (Å²) in [5.41, 5.74) is 13.1. The molecule has 51 heavy (non-hydrogen) atoms. The number of benzene rings is 6. The minimum atomic E-state index is -0.681. The maximum absolute atomic E-state index is 15.2. The predicted octanol–water partition coefficient (Wildman–Crippen LogP) is 13.3. The van der Waals surface area contributed by atoms with E-state index in [-0.39, 0.29) is 0 Å². The summed E-state index contributed by atoms with van der Waals surface area (Å²) in [6.45, 7) is 4.11. The Balaban J connectivity index is 1.45. The standard InChI is InChI=1S/C47H28F4/c1-25-7-4-10-26-15-27(11-5-8-25)39-24-41-40(23-38(26)39)43(29-16-31(48)21-32(49)17-29)46-37-14-6-13-36-35-12-3-2-9-28(35)20-42(45(36)37)47(46)44(41)30-18-33(50)22-34(51)19-30/h3-8,10-14,16-24H,1-2,9,15H2/b7-4-,8-5-,26-10+,27-11+. The van der Waals surface area contributed by atoms with Gasteiger partial charge in [-0.25, -0.2) is 17.6 Å². The maximum atomic E-state index is 15.2. The van der Waals surface area contributed by atoms with Gasteiger partial charge in [-0.05, 0) is 167 Å². The van der Waals surface area contributed by atoms with Crippen LogP contribution in [0.2, 0.25) is 0 Å². The van der Waals surface area contributed by atoms with E-state index in [4.69, 9.17) is 0 Å². The average Bonchev–Trinajstić information content (AvgIpc) is 3.60. The molecule has 0 heterocycles. The van der Waals surface area contributed by atoms with Crippen molar-refractivity contribution in [1.29, 1.82) is 0 Å². The lowest BCUT2D eigenvalue weighted by Crippen LogP contribution is -1.98. The van der Waals surface area contributed by atoms with E-state index in [2.05, 4.69) is 61.2 Å². The predicted molar refractivity (Wildman–Crippen MR) is 202 cm³/mol. The van der Waals surface area contributed by atoms with Gasteiger partial charge in [0, 0.05) is 12.1 Å². The van der Waals surface area contributed by atoms with Crippen molar-refractivity contribution < 1.29 is 17.6 Å². The molecule has 0 fully saturated rings. The summed E-state index contributed by atoms with van der Waals surface area (Å²) in [5.74, 6) is -2.72. The maximum Gasteiger partial charge on any atom is 0.126 e. The number of halogens is 4. The first kappa shape index (κ1) is 29.9. The lowest BCUT2D eigenvalue weighted by molar-refractivity contribution is 0.583. The summed E-state index contributed by atoms with van der Waals surface area (Å²) >= 11 is 0. The number of hydrogen-bond acceptors (Lipinski definition) is 0. The van der Waals surface area contributed by atoms with Crippen molar-refractivity contribution in [2.24, 2.45) is 0 Å². The molecule has 10 rings (SSSR count). The fraction of sp³-hybridized carbons (Fsp3) is 0.0638. The van der Waals surface area contributed by atoms with E-state index in [1.54, 1.807) is 0 Å². The third-order valence-electron chi connectivity index (χ3n) is 10.7. The molecule has 2 bridgehead atoms. The molecular weight excluding hydrogens is 641 g/mol. The highest BCUT2D eigenvalue weighted by molar-refractivity contribution is 6.29. The highest BCUT2D eigenvalue weighted by Gasteiger charge is 2.34. The molecule has 6 aromatic carbocycles. The van der Waals surface area contributed by atoms with Gasteiger partial charge in [-0.15, -0.1) is 0 Å². The van der Waals surface area contributed by atoms with Crippen molar-refractivity contribution in [3.8, 4) is 44.5 Å². The second kappa shape index (κ2) is 11.0. The van der Waals surface area contributed by atoms with Gasteiger partial charge in [0.2, 0.25) is 0 Å². The van der Waals surface area contributed by atoms with E-state index in [9.17, 15) is 0 Å². The van der Waals surface area contributed by atoms with Crippen LogP contribution in [0.1, 0.15) is 35.1 Å². The third kappa shape index (κ3) is 4.52. The van der Waals surface area contributed by atoms with Crippen LogP contribution < -0.4 is 0 Å². The van der Waals surface area contributed by atoms with E-state index in [1.165, 1.54) is 29.8 Å². The zero-order valence-electron chi connectivity index (χ0n) is 27.4. The van der Waals surface area contributed by atoms with Crippen molar-refractivity contribution in [2.75, 3.05) is 0 Å². The van der Waals surface area contributed by atoms with Crippen LogP contribution in [0.15, 0.2) is 127 Å². The first-order chi connectivity index (χ1) is 24.8. The molecule has 0 amide bonds. The minimum absolute atomic E-state index is 0.400. The highest BCUT2D eigenvalue weighted by Crippen LogP contribution is 2.60. The van der Waals surface area contributed by atoms with Crippen LogP contribution in [0.25, 0.3) is 83.3 Å². The second-order valence-electron chi connectivity index (χ2n) is 13.8. The van der Waals surface area contributed by atoms with Gasteiger partial charge < -0.3 is 0 Å². The molecule has 0 unspecified atom stereocenters. The van der Waals surface area contributed by atoms with E-state index < -0.39 is 23.3 Å². The zero-order valence-corrected chi connectivity index (χ0v) is 27.4. The Labute approximate surface area is 292 Å². The molecule has 0 saturated carbocycles. The molecular formula is C47H28F4. The summed E-state index contributed by atoms with van der Waals surface area (Å²) in [5, 5.41) is 3.60. The molecule has 0 saturated heterocycles. The summed E-state index contributed by atoms with van der Waals surface area (Å²) in [7, 11) is 0. The highest BCUT2D eigenvalue weighted by atomic mass is 19.1. The van der Waals surface area contributed by atoms with Gasteiger partial charge in [-0.1, -0.05) is 73.4 Å². The largest absolute Gasteiger partial charge is 0.207 e. The molecule has 4 aliphatic rings. The summed E-state index contributed by atoms with van der Waals surface area (Å²) in [6.07, 6.45) is 18.9. The van der Waals surface area contributed by atoms with Crippen molar-refractivity contribution in [3.63, 3.8) is 0 Å². The van der Waals surface area contributed by atoms with Gasteiger partial charge in [-0.3, -0.25) is 0 Å². The van der Waals surface area contributed by atoms with Gasteiger partial charge in [0.05, 0.1) is 0 Å². The summed E-state index contributed by atoms with van der Waals surface area (Å²) in [6, 6.07) is 19.9. The first-order valence-electron chi connectivity index (χ1n) is 17.1. The van der Waals surface area contributed by atoms with Crippen LogP contribution in [0, 0.1) is 23.3 Å². The van der Waals surface area contributed by atoms with Gasteiger partial charge in [-0.2, -0.15) is 0 Å². The molecule has 0 aliphatic heterocycles. The molecule has 4 heteroatoms. The van der Waals surface area contributed by atoms with Crippen molar-refractivity contribution >= 4 is 38.8 Å². The van der Waals surface area contributed by atoms with E-state index >= 15 is 17.6 Å². The van der Waals surface area contributed by atoms with Gasteiger partial charge in [0.25, 0.3) is 0 Å². The number of aryl methyl sites for hydroxylation is 1. The molecule has 0 N–H and O–H groups in total. The molecule has 0 radical (unpaired) electrons. The van der Waals surface area contributed by atoms with Crippen LogP contribution in [-0.4, -0.2) is 0 Å². The molecule has 0 aromatic heterocycles. The fourth-order valence-electron chi connectivity index (χ4n) is 8.74. The summed E-state index contributed by atoms with van der Waals surface area (Å²) < 4.78 is 60.9. The van der Waals surface area contributed by atoms with E-state index in [1.807, 2.05) is 30.4 Å². The van der Waals surface area contributed by atoms with Gasteiger partial charge >= 0.3 is 0 Å². The van der Waals surface area contributed by atoms with Crippen molar-refractivity contribution in [1.82, 2.24) is 0 Å². The van der Waals surface area contributed by atoms with Crippen LogP contribution in [0.3, 0.4) is 0 Å². The number of hydrogen-bond donors (Lipinski definition) is 0. The number of fused-ring (bicyclic) bond motifs is 11.